The highest BCUT2D eigenvalue weighted by atomic mass is 16.5. The maximum absolute atomic E-state index is 12.6. The van der Waals surface area contributed by atoms with Gasteiger partial charge < -0.3 is 20.5 Å². The number of carbonyl (C=O) groups is 2. The van der Waals surface area contributed by atoms with Crippen LogP contribution in [0.1, 0.15) is 39.0 Å². The molecule has 0 aromatic heterocycles. The maximum Gasteiger partial charge on any atom is 0.329 e. The fourth-order valence-corrected chi connectivity index (χ4v) is 3.30. The summed E-state index contributed by atoms with van der Waals surface area (Å²) in [7, 11) is 0. The van der Waals surface area contributed by atoms with Gasteiger partial charge in [0.25, 0.3) is 0 Å². The van der Waals surface area contributed by atoms with Gasteiger partial charge in [-0.1, -0.05) is 19.3 Å². The molecule has 0 aromatic rings. The van der Waals surface area contributed by atoms with Gasteiger partial charge >= 0.3 is 5.97 Å². The summed E-state index contributed by atoms with van der Waals surface area (Å²) in [5, 5.41) is 8.63. The van der Waals surface area contributed by atoms with Crippen LogP contribution in [0.4, 0.5) is 0 Å². The molecule has 0 aromatic carbocycles. The third kappa shape index (κ3) is 2.96. The Balaban J connectivity index is 1.90. The molecule has 1 saturated heterocycles. The molecule has 0 spiro atoms. The van der Waals surface area contributed by atoms with E-state index in [4.69, 9.17) is 15.6 Å². The van der Waals surface area contributed by atoms with E-state index in [2.05, 4.69) is 0 Å². The number of rotatable bonds is 5. The van der Waals surface area contributed by atoms with Gasteiger partial charge in [-0.05, 0) is 19.8 Å². The first kappa shape index (κ1) is 15.3. The summed E-state index contributed by atoms with van der Waals surface area (Å²) < 4.78 is 5.34. The normalized spacial score (nSPS) is 24.0. The van der Waals surface area contributed by atoms with E-state index in [9.17, 15) is 9.59 Å². The van der Waals surface area contributed by atoms with E-state index < -0.39 is 17.0 Å². The van der Waals surface area contributed by atoms with Crippen LogP contribution in [0.5, 0.6) is 0 Å². The van der Waals surface area contributed by atoms with Crippen molar-refractivity contribution in [3.63, 3.8) is 0 Å². The first-order valence-electron chi connectivity index (χ1n) is 7.26. The minimum Gasteiger partial charge on any atom is -0.480 e. The zero-order valence-electron chi connectivity index (χ0n) is 12.1. The lowest BCUT2D eigenvalue weighted by molar-refractivity contribution is -0.180. The van der Waals surface area contributed by atoms with Crippen LogP contribution in [0.2, 0.25) is 0 Å². The fraction of sp³-hybridized carbons (Fsp3) is 0.857. The Bertz CT molecular complexity index is 385. The second-order valence-corrected chi connectivity index (χ2v) is 6.34. The zero-order valence-corrected chi connectivity index (χ0v) is 12.1. The number of carboxylic acids is 1. The standard InChI is InChI=1S/C14H24N2O4/c1-13(20-7-11(17)18)9-16(10-13)12(19)14(8-15)5-3-2-4-6-14/h2-10,15H2,1H3,(H,17,18). The van der Waals surface area contributed by atoms with E-state index in [1.54, 1.807) is 4.90 Å². The number of carbonyl (C=O) groups excluding carboxylic acids is 1. The van der Waals surface area contributed by atoms with E-state index in [0.717, 1.165) is 25.7 Å². The monoisotopic (exact) mass is 284 g/mol. The largest absolute Gasteiger partial charge is 0.480 e. The number of amides is 1. The van der Waals surface area contributed by atoms with Crippen molar-refractivity contribution in [3.8, 4) is 0 Å². The maximum atomic E-state index is 12.6. The molecule has 3 N–H and O–H groups in total. The van der Waals surface area contributed by atoms with Crippen molar-refractivity contribution in [2.45, 2.75) is 44.6 Å². The molecule has 1 amide bonds. The molecular formula is C14H24N2O4. The third-order valence-electron chi connectivity index (χ3n) is 4.54. The molecule has 114 valence electrons. The van der Waals surface area contributed by atoms with Crippen molar-refractivity contribution < 1.29 is 19.4 Å². The van der Waals surface area contributed by atoms with Crippen LogP contribution < -0.4 is 5.73 Å². The molecule has 1 aliphatic carbocycles. The Hall–Kier alpha value is -1.14. The Morgan fingerprint density at radius 1 is 1.25 bits per heavy atom. The van der Waals surface area contributed by atoms with Gasteiger partial charge in [-0.15, -0.1) is 0 Å². The van der Waals surface area contributed by atoms with Crippen LogP contribution in [0.15, 0.2) is 0 Å². The molecule has 0 atom stereocenters. The molecule has 1 heterocycles. The minimum absolute atomic E-state index is 0.121. The van der Waals surface area contributed by atoms with E-state index in [-0.39, 0.29) is 12.5 Å². The number of carboxylic acid groups (broad SMARTS) is 1. The summed E-state index contributed by atoms with van der Waals surface area (Å²) in [6, 6.07) is 0. The Kier molecular flexibility index (Phi) is 4.34. The summed E-state index contributed by atoms with van der Waals surface area (Å²) in [4.78, 5) is 24.9. The predicted octanol–water partition coefficient (Wildman–Crippen LogP) is 0.598. The van der Waals surface area contributed by atoms with Gasteiger partial charge in [-0.2, -0.15) is 0 Å². The lowest BCUT2D eigenvalue weighted by atomic mass is 9.72. The van der Waals surface area contributed by atoms with E-state index in [1.165, 1.54) is 6.42 Å². The molecule has 2 aliphatic rings. The van der Waals surface area contributed by atoms with Gasteiger partial charge in [-0.25, -0.2) is 4.79 Å². The topological polar surface area (TPSA) is 92.9 Å². The second-order valence-electron chi connectivity index (χ2n) is 6.34. The van der Waals surface area contributed by atoms with Crippen molar-refractivity contribution in [2.75, 3.05) is 26.2 Å². The minimum atomic E-state index is -0.985. The van der Waals surface area contributed by atoms with E-state index >= 15 is 0 Å². The second kappa shape index (κ2) is 5.69. The van der Waals surface area contributed by atoms with Crippen LogP contribution in [-0.4, -0.2) is 53.7 Å². The number of hydrogen-bond donors (Lipinski definition) is 2. The molecule has 2 fully saturated rings. The van der Waals surface area contributed by atoms with Crippen LogP contribution >= 0.6 is 0 Å². The number of ether oxygens (including phenoxy) is 1. The number of aliphatic carboxylic acids is 1. The van der Waals surface area contributed by atoms with Crippen molar-refractivity contribution in [1.29, 1.82) is 0 Å². The van der Waals surface area contributed by atoms with Gasteiger partial charge in [-0.3, -0.25) is 4.79 Å². The fourth-order valence-electron chi connectivity index (χ4n) is 3.30. The highest BCUT2D eigenvalue weighted by Gasteiger charge is 2.49. The Labute approximate surface area is 119 Å². The van der Waals surface area contributed by atoms with Crippen molar-refractivity contribution in [1.82, 2.24) is 4.90 Å². The average molecular weight is 284 g/mol. The third-order valence-corrected chi connectivity index (χ3v) is 4.54. The summed E-state index contributed by atoms with van der Waals surface area (Å²) >= 11 is 0. The molecule has 6 nitrogen and oxygen atoms in total. The van der Waals surface area contributed by atoms with Crippen LogP contribution in [0.25, 0.3) is 0 Å². The highest BCUT2D eigenvalue weighted by molar-refractivity contribution is 5.84. The summed E-state index contributed by atoms with van der Waals surface area (Å²) in [6.07, 6.45) is 5.03. The first-order valence-corrected chi connectivity index (χ1v) is 7.26. The van der Waals surface area contributed by atoms with Gasteiger partial charge in [0.15, 0.2) is 0 Å². The lowest BCUT2D eigenvalue weighted by Gasteiger charge is -2.51. The number of hydrogen-bond acceptors (Lipinski definition) is 4. The molecule has 0 unspecified atom stereocenters. The highest BCUT2D eigenvalue weighted by Crippen LogP contribution is 2.39. The van der Waals surface area contributed by atoms with Crippen LogP contribution in [0.3, 0.4) is 0 Å². The van der Waals surface area contributed by atoms with Crippen LogP contribution in [-0.2, 0) is 14.3 Å². The van der Waals surface area contributed by atoms with Crippen molar-refractivity contribution >= 4 is 11.9 Å². The molecule has 20 heavy (non-hydrogen) atoms. The Morgan fingerprint density at radius 2 is 1.85 bits per heavy atom. The first-order chi connectivity index (χ1) is 9.41. The van der Waals surface area contributed by atoms with Crippen molar-refractivity contribution in [2.24, 2.45) is 11.1 Å². The summed E-state index contributed by atoms with van der Waals surface area (Å²) in [5.74, 6) is -0.863. The number of likely N-dealkylation sites (tertiary alicyclic amines) is 1. The number of nitrogens with zero attached hydrogens (tertiary/aromatic N) is 1. The Morgan fingerprint density at radius 3 is 2.35 bits per heavy atom. The smallest absolute Gasteiger partial charge is 0.329 e. The molecule has 1 saturated carbocycles. The zero-order chi connectivity index (χ0) is 14.8. The lowest BCUT2D eigenvalue weighted by Crippen LogP contribution is -2.66. The molecule has 0 radical (unpaired) electrons. The predicted molar refractivity (Wildman–Crippen MR) is 73.1 cm³/mol. The van der Waals surface area contributed by atoms with Gasteiger partial charge in [0.2, 0.25) is 5.91 Å². The molecule has 1 aliphatic heterocycles. The van der Waals surface area contributed by atoms with E-state index in [1.807, 2.05) is 6.92 Å². The molecular weight excluding hydrogens is 260 g/mol. The van der Waals surface area contributed by atoms with E-state index in [0.29, 0.717) is 19.6 Å². The summed E-state index contributed by atoms with van der Waals surface area (Å²) in [5.41, 5.74) is 4.94. The van der Waals surface area contributed by atoms with Crippen LogP contribution in [0, 0.1) is 5.41 Å². The molecule has 2 rings (SSSR count). The molecule has 0 bridgehead atoms. The molecule has 6 heteroatoms. The summed E-state index contributed by atoms with van der Waals surface area (Å²) in [6.45, 7) is 2.84. The average Bonchev–Trinajstić information content (AvgIpc) is 2.42. The van der Waals surface area contributed by atoms with Gasteiger partial charge in [0, 0.05) is 6.54 Å². The van der Waals surface area contributed by atoms with Gasteiger partial charge in [0.05, 0.1) is 18.5 Å². The van der Waals surface area contributed by atoms with Gasteiger partial charge in [0.1, 0.15) is 12.2 Å². The van der Waals surface area contributed by atoms with Crippen molar-refractivity contribution in [3.05, 3.63) is 0 Å². The quantitative estimate of drug-likeness (QED) is 0.771. The number of nitrogens with two attached hydrogens (primary N) is 1. The SMILES string of the molecule is CC1(OCC(=O)O)CN(C(=O)C2(CN)CCCCC2)C1.